The minimum Gasteiger partial charge on any atom is -0.371 e. The maximum Gasteiger partial charge on any atom is 0.411 e. The Balaban J connectivity index is 2.33. The molecule has 5 heteroatoms. The molecule has 0 spiro atoms. The minimum absolute atomic E-state index is 0.135. The fraction of sp³-hybridized carbons (Fsp3) is 1.00. The number of halogens is 4. The van der Waals surface area contributed by atoms with Crippen LogP contribution in [0.25, 0.3) is 0 Å². The third kappa shape index (κ3) is 4.60. The van der Waals surface area contributed by atoms with Gasteiger partial charge in [-0.2, -0.15) is 13.2 Å². The van der Waals surface area contributed by atoms with Crippen molar-refractivity contribution in [1.82, 2.24) is 0 Å². The predicted molar refractivity (Wildman–Crippen MR) is 53.1 cm³/mol. The quantitative estimate of drug-likeness (QED) is 0.685. The first kappa shape index (κ1) is 13.1. The molecule has 0 aliphatic heterocycles. The SMILES string of the molecule is FC(F)(F)COCC1(CCl)CCCCC1. The number of alkyl halides is 4. The van der Waals surface area contributed by atoms with Crippen molar-refractivity contribution >= 4 is 11.6 Å². The summed E-state index contributed by atoms with van der Waals surface area (Å²) in [6.07, 6.45) is 0.771. The fourth-order valence-electron chi connectivity index (χ4n) is 2.00. The van der Waals surface area contributed by atoms with Gasteiger partial charge in [-0.1, -0.05) is 19.3 Å². The number of hydrogen-bond donors (Lipinski definition) is 0. The molecule has 0 unspecified atom stereocenters. The van der Waals surface area contributed by atoms with E-state index in [9.17, 15) is 13.2 Å². The first-order valence-electron chi connectivity index (χ1n) is 5.18. The van der Waals surface area contributed by atoms with E-state index in [1.807, 2.05) is 0 Å². The highest BCUT2D eigenvalue weighted by atomic mass is 35.5. The van der Waals surface area contributed by atoms with Gasteiger partial charge in [0.1, 0.15) is 6.61 Å². The summed E-state index contributed by atoms with van der Waals surface area (Å²) in [5, 5.41) is 0. The summed E-state index contributed by atoms with van der Waals surface area (Å²) in [6.45, 7) is -1.03. The van der Waals surface area contributed by atoms with Crippen molar-refractivity contribution in [2.45, 2.75) is 38.3 Å². The van der Waals surface area contributed by atoms with E-state index in [0.29, 0.717) is 5.88 Å². The highest BCUT2D eigenvalue weighted by Gasteiger charge is 2.34. The molecule has 0 aromatic rings. The van der Waals surface area contributed by atoms with Gasteiger partial charge in [0, 0.05) is 11.3 Å². The largest absolute Gasteiger partial charge is 0.411 e. The van der Waals surface area contributed by atoms with Crippen LogP contribution in [0.2, 0.25) is 0 Å². The molecular formula is C10H16ClF3O. The number of hydrogen-bond acceptors (Lipinski definition) is 1. The summed E-state index contributed by atoms with van der Waals surface area (Å²) >= 11 is 5.83. The molecule has 1 nitrogen and oxygen atoms in total. The van der Waals surface area contributed by atoms with E-state index < -0.39 is 12.8 Å². The first-order valence-corrected chi connectivity index (χ1v) is 5.71. The molecule has 90 valence electrons. The Morgan fingerprint density at radius 3 is 2.20 bits per heavy atom. The summed E-state index contributed by atoms with van der Waals surface area (Å²) in [4.78, 5) is 0. The lowest BCUT2D eigenvalue weighted by atomic mass is 9.76. The molecule has 15 heavy (non-hydrogen) atoms. The average Bonchev–Trinajstić information content (AvgIpc) is 2.17. The Morgan fingerprint density at radius 1 is 1.13 bits per heavy atom. The van der Waals surface area contributed by atoms with Crippen LogP contribution in [0.4, 0.5) is 13.2 Å². The molecule has 0 amide bonds. The van der Waals surface area contributed by atoms with Gasteiger partial charge in [0.25, 0.3) is 0 Å². The molecular weight excluding hydrogens is 229 g/mol. The van der Waals surface area contributed by atoms with Crippen molar-refractivity contribution in [1.29, 1.82) is 0 Å². The zero-order valence-corrected chi connectivity index (χ0v) is 9.33. The molecule has 1 aliphatic carbocycles. The maximum atomic E-state index is 11.9. The predicted octanol–water partition coefficient (Wildman–Crippen LogP) is 3.75. The topological polar surface area (TPSA) is 9.23 Å². The van der Waals surface area contributed by atoms with Crippen LogP contribution in [-0.2, 0) is 4.74 Å². The van der Waals surface area contributed by atoms with Gasteiger partial charge >= 0.3 is 6.18 Å². The monoisotopic (exact) mass is 244 g/mol. The molecule has 1 fully saturated rings. The summed E-state index contributed by atoms with van der Waals surface area (Å²) in [5.74, 6) is 0.394. The molecule has 0 radical (unpaired) electrons. The normalized spacial score (nSPS) is 21.6. The van der Waals surface area contributed by atoms with Gasteiger partial charge in [0.2, 0.25) is 0 Å². The Morgan fingerprint density at radius 2 is 1.73 bits per heavy atom. The van der Waals surface area contributed by atoms with Crippen LogP contribution in [0.3, 0.4) is 0 Å². The number of ether oxygens (including phenoxy) is 1. The summed E-state index contributed by atoms with van der Waals surface area (Å²) in [6, 6.07) is 0. The zero-order valence-electron chi connectivity index (χ0n) is 8.58. The lowest BCUT2D eigenvalue weighted by molar-refractivity contribution is -0.181. The van der Waals surface area contributed by atoms with Gasteiger partial charge in [-0.25, -0.2) is 0 Å². The van der Waals surface area contributed by atoms with E-state index in [1.165, 1.54) is 0 Å². The lowest BCUT2D eigenvalue weighted by Crippen LogP contribution is -2.33. The fourth-order valence-corrected chi connectivity index (χ4v) is 2.35. The molecule has 1 aliphatic rings. The van der Waals surface area contributed by atoms with Crippen molar-refractivity contribution in [2.75, 3.05) is 19.1 Å². The Kier molecular flexibility index (Phi) is 4.71. The lowest BCUT2D eigenvalue weighted by Gasteiger charge is -2.35. The average molecular weight is 245 g/mol. The molecule has 0 N–H and O–H groups in total. The van der Waals surface area contributed by atoms with Crippen LogP contribution in [0, 0.1) is 5.41 Å². The molecule has 0 aromatic carbocycles. The standard InChI is InChI=1S/C10H16ClF3O/c11-6-9(4-2-1-3-5-9)7-15-8-10(12,13)14/h1-8H2. The highest BCUT2D eigenvalue weighted by Crippen LogP contribution is 2.37. The zero-order chi connectivity index (χ0) is 11.4. The Hall–Kier alpha value is 0.0400. The summed E-state index contributed by atoms with van der Waals surface area (Å²) < 4.78 is 40.4. The van der Waals surface area contributed by atoms with Crippen molar-refractivity contribution in [3.8, 4) is 0 Å². The van der Waals surface area contributed by atoms with E-state index in [-0.39, 0.29) is 12.0 Å². The van der Waals surface area contributed by atoms with Gasteiger partial charge in [0.05, 0.1) is 6.61 Å². The maximum absolute atomic E-state index is 11.9. The van der Waals surface area contributed by atoms with E-state index in [1.54, 1.807) is 0 Å². The molecule has 0 bridgehead atoms. The van der Waals surface area contributed by atoms with Gasteiger partial charge < -0.3 is 4.74 Å². The van der Waals surface area contributed by atoms with E-state index in [4.69, 9.17) is 16.3 Å². The van der Waals surface area contributed by atoms with Crippen molar-refractivity contribution < 1.29 is 17.9 Å². The second-order valence-electron chi connectivity index (χ2n) is 4.30. The van der Waals surface area contributed by atoms with Gasteiger partial charge in [-0.05, 0) is 12.8 Å². The van der Waals surface area contributed by atoms with Crippen molar-refractivity contribution in [3.63, 3.8) is 0 Å². The first-order chi connectivity index (χ1) is 6.97. The Labute approximate surface area is 92.9 Å². The van der Waals surface area contributed by atoms with Crippen molar-refractivity contribution in [3.05, 3.63) is 0 Å². The molecule has 1 saturated carbocycles. The second-order valence-corrected chi connectivity index (χ2v) is 4.57. The van der Waals surface area contributed by atoms with Crippen LogP contribution in [-0.4, -0.2) is 25.3 Å². The van der Waals surface area contributed by atoms with E-state index >= 15 is 0 Å². The summed E-state index contributed by atoms with van der Waals surface area (Å²) in [7, 11) is 0. The third-order valence-electron chi connectivity index (χ3n) is 2.87. The van der Waals surface area contributed by atoms with E-state index in [0.717, 1.165) is 32.1 Å². The van der Waals surface area contributed by atoms with E-state index in [2.05, 4.69) is 0 Å². The number of rotatable bonds is 4. The highest BCUT2D eigenvalue weighted by molar-refractivity contribution is 6.18. The molecule has 1 rings (SSSR count). The van der Waals surface area contributed by atoms with Crippen LogP contribution in [0.5, 0.6) is 0 Å². The Bertz CT molecular complexity index is 188. The van der Waals surface area contributed by atoms with Gasteiger partial charge in [-0.3, -0.25) is 0 Å². The van der Waals surface area contributed by atoms with Crippen LogP contribution in [0.15, 0.2) is 0 Å². The van der Waals surface area contributed by atoms with Crippen molar-refractivity contribution in [2.24, 2.45) is 5.41 Å². The third-order valence-corrected chi connectivity index (χ3v) is 3.44. The van der Waals surface area contributed by atoms with Crippen LogP contribution < -0.4 is 0 Å². The minimum atomic E-state index is -4.23. The van der Waals surface area contributed by atoms with Gasteiger partial charge in [-0.15, -0.1) is 11.6 Å². The van der Waals surface area contributed by atoms with Gasteiger partial charge in [0.15, 0.2) is 0 Å². The molecule has 0 atom stereocenters. The summed E-state index contributed by atoms with van der Waals surface area (Å²) in [5.41, 5.74) is -0.217. The van der Waals surface area contributed by atoms with Crippen LogP contribution in [0.1, 0.15) is 32.1 Å². The second kappa shape index (κ2) is 5.39. The molecule has 0 saturated heterocycles. The van der Waals surface area contributed by atoms with Crippen LogP contribution >= 0.6 is 11.6 Å². The smallest absolute Gasteiger partial charge is 0.371 e. The molecule has 0 heterocycles. The molecule has 0 aromatic heterocycles.